The third kappa shape index (κ3) is 5.90. The second-order valence-corrected chi connectivity index (χ2v) is 9.34. The first kappa shape index (κ1) is 23.2. The van der Waals surface area contributed by atoms with E-state index in [-0.39, 0.29) is 10.6 Å². The number of alkyl halides is 3. The quantitative estimate of drug-likeness (QED) is 0.369. The van der Waals surface area contributed by atoms with Gasteiger partial charge in [0, 0.05) is 29.1 Å². The number of nitrogens with zero attached hydrogens (tertiary/aromatic N) is 2. The van der Waals surface area contributed by atoms with Gasteiger partial charge in [-0.1, -0.05) is 30.3 Å². The number of halogens is 3. The molecule has 10 heteroatoms. The monoisotopic (exact) mass is 485 g/mol. The second-order valence-electron chi connectivity index (χ2n) is 7.32. The molecule has 6 nitrogen and oxygen atoms in total. The zero-order valence-electron chi connectivity index (χ0n) is 17.7. The van der Waals surface area contributed by atoms with E-state index in [1.807, 2.05) is 30.3 Å². The Bertz CT molecular complexity index is 1390. The molecule has 174 valence electrons. The van der Waals surface area contributed by atoms with Crippen molar-refractivity contribution in [1.29, 1.82) is 0 Å². The van der Waals surface area contributed by atoms with Crippen LogP contribution in [-0.2, 0) is 9.84 Å². The van der Waals surface area contributed by atoms with E-state index in [1.54, 1.807) is 18.2 Å². The summed E-state index contributed by atoms with van der Waals surface area (Å²) in [5, 5.41) is 3.13. The molecule has 1 heterocycles. The minimum atomic E-state index is -4.78. The van der Waals surface area contributed by atoms with Crippen LogP contribution in [0.4, 0.5) is 24.7 Å². The summed E-state index contributed by atoms with van der Waals surface area (Å²) in [5.41, 5.74) is 2.38. The number of ether oxygens (including phenoxy) is 1. The lowest BCUT2D eigenvalue weighted by Gasteiger charge is -2.12. The standard InChI is InChI=1S/C24H18F3N3O3S/c1-34(31,32)20-13-9-18(10-14-20)28-22-15-21(29-23(30-22)17-5-3-2-4-6-17)16-7-11-19(12-8-16)33-24(25,26)27/h2-15H,1H3,(H,28,29,30). The molecule has 0 saturated heterocycles. The number of hydrogen-bond donors (Lipinski definition) is 1. The van der Waals surface area contributed by atoms with Crippen molar-refractivity contribution in [2.24, 2.45) is 0 Å². The Morgan fingerprint density at radius 3 is 2.06 bits per heavy atom. The van der Waals surface area contributed by atoms with Gasteiger partial charge in [-0.2, -0.15) is 0 Å². The maximum absolute atomic E-state index is 12.5. The van der Waals surface area contributed by atoms with Gasteiger partial charge < -0.3 is 10.1 Å². The Balaban J connectivity index is 1.70. The third-order valence-electron chi connectivity index (χ3n) is 4.70. The van der Waals surface area contributed by atoms with E-state index in [9.17, 15) is 21.6 Å². The van der Waals surface area contributed by atoms with Crippen LogP contribution in [0, 0.1) is 0 Å². The van der Waals surface area contributed by atoms with Gasteiger partial charge in [0.15, 0.2) is 15.7 Å². The van der Waals surface area contributed by atoms with Crippen molar-refractivity contribution < 1.29 is 26.3 Å². The molecule has 0 amide bonds. The topological polar surface area (TPSA) is 81.2 Å². The zero-order chi connectivity index (χ0) is 24.3. The Kier molecular flexibility index (Phi) is 6.25. The van der Waals surface area contributed by atoms with Crippen molar-refractivity contribution in [3.05, 3.63) is 84.9 Å². The fourth-order valence-electron chi connectivity index (χ4n) is 3.14. The van der Waals surface area contributed by atoms with E-state index in [1.165, 1.54) is 36.4 Å². The summed E-state index contributed by atoms with van der Waals surface area (Å²) in [5.74, 6) is 0.494. The molecule has 0 bridgehead atoms. The molecule has 4 rings (SSSR count). The number of benzene rings is 3. The molecule has 0 radical (unpaired) electrons. The molecule has 0 saturated carbocycles. The normalized spacial score (nSPS) is 11.8. The number of nitrogens with one attached hydrogen (secondary N) is 1. The highest BCUT2D eigenvalue weighted by molar-refractivity contribution is 7.90. The Morgan fingerprint density at radius 1 is 0.824 bits per heavy atom. The second kappa shape index (κ2) is 9.14. The van der Waals surface area contributed by atoms with Crippen molar-refractivity contribution in [3.63, 3.8) is 0 Å². The van der Waals surface area contributed by atoms with Gasteiger partial charge in [-0.3, -0.25) is 0 Å². The fraction of sp³-hybridized carbons (Fsp3) is 0.0833. The first-order valence-electron chi connectivity index (χ1n) is 9.95. The summed E-state index contributed by atoms with van der Waals surface area (Å²) < 4.78 is 64.7. The van der Waals surface area contributed by atoms with Crippen molar-refractivity contribution in [1.82, 2.24) is 9.97 Å². The molecular weight excluding hydrogens is 467 g/mol. The molecule has 34 heavy (non-hydrogen) atoms. The number of hydrogen-bond acceptors (Lipinski definition) is 6. The number of sulfone groups is 1. The van der Waals surface area contributed by atoms with Crippen molar-refractivity contribution in [3.8, 4) is 28.4 Å². The molecule has 0 unspecified atom stereocenters. The van der Waals surface area contributed by atoms with Crippen LogP contribution in [-0.4, -0.2) is 31.0 Å². The van der Waals surface area contributed by atoms with Crippen LogP contribution in [0.15, 0.2) is 89.8 Å². The minimum absolute atomic E-state index is 0.188. The molecule has 1 N–H and O–H groups in total. The Morgan fingerprint density at radius 2 is 1.47 bits per heavy atom. The van der Waals surface area contributed by atoms with E-state index in [0.717, 1.165) is 11.8 Å². The van der Waals surface area contributed by atoms with Gasteiger partial charge in [-0.25, -0.2) is 18.4 Å². The fourth-order valence-corrected chi connectivity index (χ4v) is 3.77. The van der Waals surface area contributed by atoms with Gasteiger partial charge in [0.25, 0.3) is 0 Å². The summed E-state index contributed by atoms with van der Waals surface area (Å²) >= 11 is 0. The lowest BCUT2D eigenvalue weighted by Crippen LogP contribution is -2.16. The third-order valence-corrected chi connectivity index (χ3v) is 5.83. The highest BCUT2D eigenvalue weighted by Crippen LogP contribution is 2.29. The first-order valence-corrected chi connectivity index (χ1v) is 11.8. The molecule has 0 fully saturated rings. The summed E-state index contributed by atoms with van der Waals surface area (Å²) in [4.78, 5) is 9.31. The van der Waals surface area contributed by atoms with E-state index < -0.39 is 16.2 Å². The predicted octanol–water partition coefficient (Wildman–Crippen LogP) is 5.86. The average molecular weight is 485 g/mol. The molecule has 0 spiro atoms. The molecule has 4 aromatic rings. The maximum atomic E-state index is 12.5. The van der Waals surface area contributed by atoms with Crippen LogP contribution in [0.3, 0.4) is 0 Å². The average Bonchev–Trinajstić information content (AvgIpc) is 2.79. The van der Waals surface area contributed by atoms with Crippen molar-refractivity contribution >= 4 is 21.3 Å². The Hall–Kier alpha value is -3.92. The SMILES string of the molecule is CS(=O)(=O)c1ccc(Nc2cc(-c3ccc(OC(F)(F)F)cc3)nc(-c3ccccc3)n2)cc1. The highest BCUT2D eigenvalue weighted by Gasteiger charge is 2.31. The van der Waals surface area contributed by atoms with Gasteiger partial charge in [0.2, 0.25) is 0 Å². The van der Waals surface area contributed by atoms with Gasteiger partial charge in [-0.15, -0.1) is 13.2 Å². The maximum Gasteiger partial charge on any atom is 0.573 e. The number of aromatic nitrogens is 2. The molecular formula is C24H18F3N3O3S. The predicted molar refractivity (Wildman–Crippen MR) is 122 cm³/mol. The lowest BCUT2D eigenvalue weighted by atomic mass is 10.1. The van der Waals surface area contributed by atoms with Crippen molar-refractivity contribution in [2.45, 2.75) is 11.3 Å². The molecule has 0 aliphatic heterocycles. The number of anilines is 2. The molecule has 3 aromatic carbocycles. The van der Waals surface area contributed by atoms with Crippen LogP contribution in [0.1, 0.15) is 0 Å². The summed E-state index contributed by atoms with van der Waals surface area (Å²) in [6.07, 6.45) is -3.65. The Labute approximate surface area is 194 Å². The first-order chi connectivity index (χ1) is 16.1. The zero-order valence-corrected chi connectivity index (χ0v) is 18.6. The summed E-state index contributed by atoms with van der Waals surface area (Å²) in [6.45, 7) is 0. The van der Waals surface area contributed by atoms with E-state index in [2.05, 4.69) is 20.0 Å². The summed E-state index contributed by atoms with van der Waals surface area (Å²) in [6, 6.07) is 22.4. The van der Waals surface area contributed by atoms with Crippen molar-refractivity contribution in [2.75, 3.05) is 11.6 Å². The van der Waals surface area contributed by atoms with Gasteiger partial charge >= 0.3 is 6.36 Å². The van der Waals surface area contributed by atoms with Crippen LogP contribution >= 0.6 is 0 Å². The smallest absolute Gasteiger partial charge is 0.406 e. The van der Waals surface area contributed by atoms with Crippen LogP contribution in [0.25, 0.3) is 22.6 Å². The van der Waals surface area contributed by atoms with E-state index in [4.69, 9.17) is 0 Å². The molecule has 0 aliphatic rings. The van der Waals surface area contributed by atoms with Gasteiger partial charge in [0.1, 0.15) is 11.6 Å². The molecule has 0 atom stereocenters. The van der Waals surface area contributed by atoms with Gasteiger partial charge in [-0.05, 0) is 48.5 Å². The lowest BCUT2D eigenvalue weighted by molar-refractivity contribution is -0.274. The highest BCUT2D eigenvalue weighted by atomic mass is 32.2. The van der Waals surface area contributed by atoms with E-state index >= 15 is 0 Å². The minimum Gasteiger partial charge on any atom is -0.406 e. The summed E-state index contributed by atoms with van der Waals surface area (Å²) in [7, 11) is -3.33. The number of rotatable bonds is 6. The van der Waals surface area contributed by atoms with Crippen LogP contribution in [0.5, 0.6) is 5.75 Å². The van der Waals surface area contributed by atoms with Gasteiger partial charge in [0.05, 0.1) is 10.6 Å². The molecule has 1 aromatic heterocycles. The largest absolute Gasteiger partial charge is 0.573 e. The van der Waals surface area contributed by atoms with E-state index in [0.29, 0.717) is 28.6 Å². The molecule has 0 aliphatic carbocycles. The van der Waals surface area contributed by atoms with Crippen LogP contribution in [0.2, 0.25) is 0 Å². The van der Waals surface area contributed by atoms with Crippen LogP contribution < -0.4 is 10.1 Å².